The summed E-state index contributed by atoms with van der Waals surface area (Å²) in [6, 6.07) is -1.47. The van der Waals surface area contributed by atoms with E-state index < -0.39 is 68.3 Å². The van der Waals surface area contributed by atoms with Gasteiger partial charge in [0, 0.05) is 13.0 Å². The number of esters is 1. The first-order valence-electron chi connectivity index (χ1n) is 14.9. The number of imide groups is 1. The Bertz CT molecular complexity index is 964. The number of thioether (sulfide) groups is 1. The van der Waals surface area contributed by atoms with Crippen LogP contribution in [0.15, 0.2) is 0 Å². The van der Waals surface area contributed by atoms with E-state index in [1.54, 1.807) is 81.0 Å². The monoisotopic (exact) mass is 745 g/mol. The number of amides is 3. The van der Waals surface area contributed by atoms with Crippen molar-refractivity contribution in [2.75, 3.05) is 25.7 Å². The summed E-state index contributed by atoms with van der Waals surface area (Å²) in [6.07, 6.45) is 2.38. The van der Waals surface area contributed by atoms with Crippen LogP contribution in [0.2, 0.25) is 0 Å². The van der Waals surface area contributed by atoms with E-state index in [0.717, 1.165) is 4.90 Å². The Morgan fingerprint density at radius 2 is 1.33 bits per heavy atom. The van der Waals surface area contributed by atoms with Crippen molar-refractivity contribution in [3.8, 4) is 0 Å². The summed E-state index contributed by atoms with van der Waals surface area (Å²) in [6.45, 7) is 17.3. The fourth-order valence-corrected chi connectivity index (χ4v) is 4.91. The van der Waals surface area contributed by atoms with Gasteiger partial charge in [0.15, 0.2) is 0 Å². The van der Waals surface area contributed by atoms with Crippen molar-refractivity contribution in [3.63, 3.8) is 0 Å². The van der Waals surface area contributed by atoms with Crippen LogP contribution in [0.25, 0.3) is 0 Å². The molecule has 14 nitrogen and oxygen atoms in total. The van der Waals surface area contributed by atoms with E-state index in [1.165, 1.54) is 7.11 Å². The average molecular weight is 745 g/mol. The van der Waals surface area contributed by atoms with Crippen LogP contribution >= 0.6 is 11.8 Å². The van der Waals surface area contributed by atoms with Gasteiger partial charge in [-0.1, -0.05) is 6.42 Å². The Morgan fingerprint density at radius 1 is 0.826 bits per heavy atom. The molecule has 0 radical (unpaired) electrons. The molecular formula is C30H55N3O11SSe. The number of aliphatic carboxylic acids is 1. The van der Waals surface area contributed by atoms with Crippen LogP contribution in [0.5, 0.6) is 0 Å². The van der Waals surface area contributed by atoms with E-state index in [9.17, 15) is 28.8 Å². The zero-order valence-corrected chi connectivity index (χ0v) is 31.9. The molecule has 0 aliphatic heterocycles. The molecule has 0 heterocycles. The molecule has 2 atom stereocenters. The Morgan fingerprint density at radius 3 is 1.74 bits per heavy atom. The molecule has 268 valence electrons. The van der Waals surface area contributed by atoms with Gasteiger partial charge in [0.2, 0.25) is 0 Å². The molecule has 0 bridgehead atoms. The summed E-state index contributed by atoms with van der Waals surface area (Å²) in [5, 5.41) is 11.5. The molecule has 0 saturated carbocycles. The Balaban J connectivity index is 0. The van der Waals surface area contributed by atoms with Gasteiger partial charge < -0.3 is 14.2 Å². The van der Waals surface area contributed by atoms with Crippen LogP contribution in [0.1, 0.15) is 101 Å². The zero-order chi connectivity index (χ0) is 36.3. The number of nitrogens with one attached hydrogen (secondary N) is 2. The molecule has 0 aromatic carbocycles. The standard InChI is InChI=1S/C17H31NO6.C13H24N2O5SSe/c1-16(2,3)23-14(20)18(15(21)24-17(4,5)6)12-10-8-9-11-13(19)22-7;1-8(14-12(19)20-13(2,3)4)11(18)22-15-9(10(16)17)6-7-21-5/h8-12H2,1-7H3;8-9,15H,6-7H2,1-5H3,(H,14,19)(H,16,17). The molecule has 0 fully saturated rings. The number of carboxylic acids is 1. The summed E-state index contributed by atoms with van der Waals surface area (Å²) < 4.78 is 22.7. The average Bonchev–Trinajstić information content (AvgIpc) is 2.87. The molecule has 0 aromatic heterocycles. The zero-order valence-electron chi connectivity index (χ0n) is 29.4. The van der Waals surface area contributed by atoms with Crippen LogP contribution in [-0.2, 0) is 33.3 Å². The summed E-state index contributed by atoms with van der Waals surface area (Å²) in [5.74, 6) is -0.553. The van der Waals surface area contributed by atoms with E-state index in [1.807, 2.05) is 6.26 Å². The fraction of sp³-hybridized carbons (Fsp3) is 0.800. The maximum absolute atomic E-state index is 12.2. The number of ether oxygens (including phenoxy) is 4. The maximum atomic E-state index is 12.2. The second kappa shape index (κ2) is 22.1. The minimum absolute atomic E-state index is 0.172. The van der Waals surface area contributed by atoms with Gasteiger partial charge in [0.25, 0.3) is 0 Å². The number of rotatable bonds is 15. The normalized spacial score (nSPS) is 12.8. The molecule has 0 saturated heterocycles. The first kappa shape index (κ1) is 45.6. The first-order chi connectivity index (χ1) is 20.9. The van der Waals surface area contributed by atoms with Gasteiger partial charge in [-0.2, -0.15) is 0 Å². The summed E-state index contributed by atoms with van der Waals surface area (Å²) >= 11 is 0.820. The Labute approximate surface area is 284 Å². The van der Waals surface area contributed by atoms with Gasteiger partial charge in [-0.3, -0.25) is 4.79 Å². The van der Waals surface area contributed by atoms with Crippen LogP contribution in [0.3, 0.4) is 0 Å². The molecule has 3 N–H and O–H groups in total. The summed E-state index contributed by atoms with van der Waals surface area (Å²) in [5.41, 5.74) is -2.05. The molecule has 0 aliphatic rings. The van der Waals surface area contributed by atoms with Crippen molar-refractivity contribution in [3.05, 3.63) is 0 Å². The third-order valence-electron chi connectivity index (χ3n) is 5.02. The van der Waals surface area contributed by atoms with Crippen molar-refractivity contribution in [2.45, 2.75) is 130 Å². The second-order valence-electron chi connectivity index (χ2n) is 13.1. The predicted octanol–water partition coefficient (Wildman–Crippen LogP) is 4.73. The number of nitrogens with zero attached hydrogens (tertiary/aromatic N) is 1. The molecule has 3 amide bonds. The molecule has 46 heavy (non-hydrogen) atoms. The topological polar surface area (TPSA) is 187 Å². The number of methoxy groups -OCH3 is 1. The second-order valence-corrected chi connectivity index (χ2v) is 15.8. The third-order valence-corrected chi connectivity index (χ3v) is 7.67. The van der Waals surface area contributed by atoms with Crippen molar-refractivity contribution < 1.29 is 52.8 Å². The minimum atomic E-state index is -0.975. The van der Waals surface area contributed by atoms with Gasteiger partial charge in [-0.25, -0.2) is 14.5 Å². The SMILES string of the molecule is COC(=O)CCCCCN(C(=O)OC(C)(C)C)C(=O)OC(C)(C)C.CSCCC(N[Se]C(=O)C(C)NC(=O)OC(C)(C)C)C(=O)O. The molecular weight excluding hydrogens is 689 g/mol. The quantitative estimate of drug-likeness (QED) is 0.0905. The van der Waals surface area contributed by atoms with E-state index in [0.29, 0.717) is 37.9 Å². The number of carboxylic acid groups (broad SMARTS) is 1. The van der Waals surface area contributed by atoms with Gasteiger partial charge in [0.1, 0.15) is 11.2 Å². The Kier molecular flexibility index (Phi) is 21.9. The van der Waals surface area contributed by atoms with Crippen molar-refractivity contribution in [1.29, 1.82) is 0 Å². The van der Waals surface area contributed by atoms with Gasteiger partial charge in [-0.05, 0) is 54.4 Å². The van der Waals surface area contributed by atoms with E-state index in [4.69, 9.17) is 19.3 Å². The Hall–Kier alpha value is -2.55. The van der Waals surface area contributed by atoms with Crippen molar-refractivity contribution in [2.24, 2.45) is 0 Å². The van der Waals surface area contributed by atoms with Gasteiger partial charge in [-0.15, -0.1) is 0 Å². The fourth-order valence-electron chi connectivity index (χ4n) is 2.94. The summed E-state index contributed by atoms with van der Waals surface area (Å²) in [7, 11) is 1.34. The van der Waals surface area contributed by atoms with E-state index >= 15 is 0 Å². The number of alkyl carbamates (subject to hydrolysis) is 1. The molecule has 16 heteroatoms. The van der Waals surface area contributed by atoms with Crippen LogP contribution in [-0.4, -0.2) is 115 Å². The number of hydrogen-bond donors (Lipinski definition) is 3. The third kappa shape index (κ3) is 25.6. The van der Waals surface area contributed by atoms with Gasteiger partial charge >= 0.3 is 160 Å². The van der Waals surface area contributed by atoms with Crippen LogP contribution in [0, 0.1) is 0 Å². The molecule has 0 rings (SSSR count). The molecule has 2 unspecified atom stereocenters. The van der Waals surface area contributed by atoms with Crippen molar-refractivity contribution in [1.82, 2.24) is 14.5 Å². The number of unbranched alkanes of at least 4 members (excludes halogenated alkanes) is 2. The predicted molar refractivity (Wildman–Crippen MR) is 177 cm³/mol. The molecule has 0 spiro atoms. The first-order valence-corrected chi connectivity index (χ1v) is 18.0. The number of carbonyl (C=O) groups is 6. The van der Waals surface area contributed by atoms with Crippen molar-refractivity contribution >= 4 is 61.8 Å². The van der Waals surface area contributed by atoms with Gasteiger partial charge in [0.05, 0.1) is 7.11 Å². The molecule has 0 aliphatic carbocycles. The number of carbonyl (C=O) groups excluding carboxylic acids is 5. The van der Waals surface area contributed by atoms with Crippen LogP contribution < -0.4 is 9.65 Å². The number of hydrogen-bond acceptors (Lipinski definition) is 12. The van der Waals surface area contributed by atoms with Crippen LogP contribution in [0.4, 0.5) is 14.4 Å². The molecule has 0 aromatic rings. The summed E-state index contributed by atoms with van der Waals surface area (Å²) in [4.78, 5) is 71.1. The van der Waals surface area contributed by atoms with E-state index in [2.05, 4.69) is 14.4 Å². The van der Waals surface area contributed by atoms with E-state index in [-0.39, 0.29) is 17.2 Å².